The quantitative estimate of drug-likeness (QED) is 0.758. The Morgan fingerprint density at radius 1 is 1.39 bits per heavy atom. The lowest BCUT2D eigenvalue weighted by atomic mass is 10.1. The van der Waals surface area contributed by atoms with Crippen LogP contribution >= 0.6 is 0 Å². The Hall–Kier alpha value is -2.37. The van der Waals surface area contributed by atoms with Gasteiger partial charge in [-0.25, -0.2) is 9.78 Å². The molecule has 6 nitrogen and oxygen atoms in total. The number of amides is 1. The van der Waals surface area contributed by atoms with Crippen molar-refractivity contribution in [1.29, 1.82) is 0 Å². The van der Waals surface area contributed by atoms with Crippen LogP contribution in [0.4, 0.5) is 0 Å². The topological polar surface area (TPSA) is 95.1 Å². The third kappa shape index (κ3) is 2.17. The van der Waals surface area contributed by atoms with Gasteiger partial charge in [0.25, 0.3) is 5.91 Å². The minimum absolute atomic E-state index is 0.390. The van der Waals surface area contributed by atoms with Crippen LogP contribution < -0.4 is 5.32 Å². The summed E-state index contributed by atoms with van der Waals surface area (Å²) in [5.74, 6) is -1.52. The van der Waals surface area contributed by atoms with Crippen molar-refractivity contribution in [3.63, 3.8) is 0 Å². The summed E-state index contributed by atoms with van der Waals surface area (Å²) < 4.78 is 0. The number of hydrogen-bond donors (Lipinski definition) is 3. The molecule has 0 aliphatic carbocycles. The highest BCUT2D eigenvalue weighted by Gasteiger charge is 2.29. The first-order valence-corrected chi connectivity index (χ1v) is 5.39. The summed E-state index contributed by atoms with van der Waals surface area (Å²) in [5.41, 5.74) is 0.570. The number of fused-ring (bicyclic) bond motifs is 1. The van der Waals surface area contributed by atoms with Crippen molar-refractivity contribution in [2.75, 3.05) is 0 Å². The second kappa shape index (κ2) is 4.14. The largest absolute Gasteiger partial charge is 0.480 e. The lowest BCUT2D eigenvalue weighted by Gasteiger charge is -2.20. The summed E-state index contributed by atoms with van der Waals surface area (Å²) >= 11 is 0. The van der Waals surface area contributed by atoms with Crippen molar-refractivity contribution >= 4 is 22.9 Å². The number of aliphatic carboxylic acids is 1. The molecule has 0 saturated carbocycles. The van der Waals surface area contributed by atoms with Crippen LogP contribution in [0.3, 0.4) is 0 Å². The van der Waals surface area contributed by atoms with Crippen molar-refractivity contribution < 1.29 is 14.7 Å². The van der Waals surface area contributed by atoms with E-state index in [0.717, 1.165) is 11.0 Å². The van der Waals surface area contributed by atoms with Gasteiger partial charge in [-0.2, -0.15) is 0 Å². The Bertz CT molecular complexity index is 616. The van der Waals surface area contributed by atoms with E-state index in [-0.39, 0.29) is 0 Å². The Balaban J connectivity index is 2.25. The van der Waals surface area contributed by atoms with Gasteiger partial charge in [-0.3, -0.25) is 4.79 Å². The van der Waals surface area contributed by atoms with Crippen LogP contribution in [0.2, 0.25) is 0 Å². The van der Waals surface area contributed by atoms with E-state index in [4.69, 9.17) is 5.11 Å². The summed E-state index contributed by atoms with van der Waals surface area (Å²) in [4.78, 5) is 29.8. The third-order valence-electron chi connectivity index (χ3n) is 2.64. The standard InChI is InChI=1S/C12H13N3O3/c1-12(2,11(17)18)15-10(16)7-3-4-8-9(5-7)14-6-13-8/h3-6H,1-2H3,(H,13,14)(H,15,16)(H,17,18). The first kappa shape index (κ1) is 12.1. The fourth-order valence-electron chi connectivity index (χ4n) is 1.49. The number of H-pyrrole nitrogens is 1. The molecule has 6 heteroatoms. The molecule has 0 radical (unpaired) electrons. The number of carboxylic acid groups (broad SMARTS) is 1. The van der Waals surface area contributed by atoms with E-state index in [9.17, 15) is 9.59 Å². The van der Waals surface area contributed by atoms with Gasteiger partial charge in [-0.1, -0.05) is 0 Å². The predicted octanol–water partition coefficient (Wildman–Crippen LogP) is 1.16. The molecular weight excluding hydrogens is 234 g/mol. The Morgan fingerprint density at radius 2 is 2.11 bits per heavy atom. The van der Waals surface area contributed by atoms with Gasteiger partial charge in [-0.05, 0) is 32.0 Å². The zero-order valence-corrected chi connectivity index (χ0v) is 10.0. The number of aromatic amines is 1. The van der Waals surface area contributed by atoms with Crippen LogP contribution in [0.25, 0.3) is 11.0 Å². The minimum atomic E-state index is -1.31. The third-order valence-corrected chi connectivity index (χ3v) is 2.64. The van der Waals surface area contributed by atoms with Gasteiger partial charge in [0.05, 0.1) is 17.4 Å². The van der Waals surface area contributed by atoms with Crippen LogP contribution in [0.1, 0.15) is 24.2 Å². The maximum Gasteiger partial charge on any atom is 0.328 e. The second-order valence-corrected chi connectivity index (χ2v) is 4.52. The molecule has 3 N–H and O–H groups in total. The van der Waals surface area contributed by atoms with Gasteiger partial charge >= 0.3 is 5.97 Å². The normalized spacial score (nSPS) is 11.4. The number of rotatable bonds is 3. The lowest BCUT2D eigenvalue weighted by molar-refractivity contribution is -0.143. The number of benzene rings is 1. The Morgan fingerprint density at radius 3 is 2.78 bits per heavy atom. The first-order valence-electron chi connectivity index (χ1n) is 5.39. The van der Waals surface area contributed by atoms with Crippen LogP contribution in [0.15, 0.2) is 24.5 Å². The first-order chi connectivity index (χ1) is 8.40. The van der Waals surface area contributed by atoms with Gasteiger partial charge in [0.2, 0.25) is 0 Å². The molecule has 1 aromatic carbocycles. The van der Waals surface area contributed by atoms with Gasteiger partial charge < -0.3 is 15.4 Å². The molecule has 0 aliphatic rings. The van der Waals surface area contributed by atoms with E-state index in [1.54, 1.807) is 18.2 Å². The van der Waals surface area contributed by atoms with Gasteiger partial charge in [0.15, 0.2) is 0 Å². The highest BCUT2D eigenvalue weighted by atomic mass is 16.4. The number of carboxylic acids is 1. The number of nitrogens with zero attached hydrogens (tertiary/aromatic N) is 1. The van der Waals surface area contributed by atoms with Crippen molar-refractivity contribution in [3.05, 3.63) is 30.1 Å². The molecule has 2 rings (SSSR count). The average molecular weight is 247 g/mol. The van der Waals surface area contributed by atoms with E-state index >= 15 is 0 Å². The maximum absolute atomic E-state index is 11.9. The van der Waals surface area contributed by atoms with Crippen molar-refractivity contribution in [3.8, 4) is 0 Å². The fourth-order valence-corrected chi connectivity index (χ4v) is 1.49. The molecule has 0 atom stereocenters. The molecule has 1 aromatic heterocycles. The van der Waals surface area contributed by atoms with Gasteiger partial charge in [0.1, 0.15) is 5.54 Å². The monoisotopic (exact) mass is 247 g/mol. The van der Waals surface area contributed by atoms with E-state index < -0.39 is 17.4 Å². The molecule has 1 amide bonds. The number of imidazole rings is 1. The Kier molecular flexibility index (Phi) is 2.78. The van der Waals surface area contributed by atoms with Crippen LogP contribution in [0.5, 0.6) is 0 Å². The SMILES string of the molecule is CC(C)(NC(=O)c1ccc2nc[nH]c2c1)C(=O)O. The van der Waals surface area contributed by atoms with Crippen LogP contribution in [-0.4, -0.2) is 32.5 Å². The summed E-state index contributed by atoms with van der Waals surface area (Å²) in [5, 5.41) is 11.4. The summed E-state index contributed by atoms with van der Waals surface area (Å²) in [6.45, 7) is 2.87. The van der Waals surface area contributed by atoms with E-state index in [1.807, 2.05) is 0 Å². The minimum Gasteiger partial charge on any atom is -0.480 e. The summed E-state index contributed by atoms with van der Waals surface area (Å²) in [6.07, 6.45) is 1.54. The van der Waals surface area contributed by atoms with E-state index in [2.05, 4.69) is 15.3 Å². The Labute approximate surface area is 103 Å². The molecule has 0 saturated heterocycles. The van der Waals surface area contributed by atoms with Crippen LogP contribution in [-0.2, 0) is 4.79 Å². The molecule has 2 aromatic rings. The number of nitrogens with one attached hydrogen (secondary N) is 2. The van der Waals surface area contributed by atoms with E-state index in [1.165, 1.54) is 20.2 Å². The summed E-state index contributed by atoms with van der Waals surface area (Å²) in [7, 11) is 0. The molecule has 0 spiro atoms. The molecular formula is C12H13N3O3. The smallest absolute Gasteiger partial charge is 0.328 e. The number of carbonyl (C=O) groups is 2. The number of carbonyl (C=O) groups excluding carboxylic acids is 1. The van der Waals surface area contributed by atoms with Crippen molar-refractivity contribution in [2.45, 2.75) is 19.4 Å². The van der Waals surface area contributed by atoms with Gasteiger partial charge in [-0.15, -0.1) is 0 Å². The molecule has 18 heavy (non-hydrogen) atoms. The zero-order chi connectivity index (χ0) is 13.3. The molecule has 0 bridgehead atoms. The number of aromatic nitrogens is 2. The summed E-state index contributed by atoms with van der Waals surface area (Å²) in [6, 6.07) is 4.94. The lowest BCUT2D eigenvalue weighted by Crippen LogP contribution is -2.49. The molecule has 0 unspecified atom stereocenters. The average Bonchev–Trinajstić information content (AvgIpc) is 2.74. The fraction of sp³-hybridized carbons (Fsp3) is 0.250. The predicted molar refractivity (Wildman–Crippen MR) is 65.3 cm³/mol. The van der Waals surface area contributed by atoms with Gasteiger partial charge in [0, 0.05) is 5.56 Å². The van der Waals surface area contributed by atoms with Crippen molar-refractivity contribution in [2.24, 2.45) is 0 Å². The molecule has 94 valence electrons. The molecule has 0 aliphatic heterocycles. The highest BCUT2D eigenvalue weighted by molar-refractivity contribution is 5.99. The molecule has 0 fully saturated rings. The zero-order valence-electron chi connectivity index (χ0n) is 10.0. The highest BCUT2D eigenvalue weighted by Crippen LogP contribution is 2.12. The van der Waals surface area contributed by atoms with E-state index in [0.29, 0.717) is 5.56 Å². The van der Waals surface area contributed by atoms with Crippen molar-refractivity contribution in [1.82, 2.24) is 15.3 Å². The maximum atomic E-state index is 11.9. The van der Waals surface area contributed by atoms with Crippen LogP contribution in [0, 0.1) is 0 Å². The number of hydrogen-bond acceptors (Lipinski definition) is 3. The molecule has 1 heterocycles. The second-order valence-electron chi connectivity index (χ2n) is 4.52.